The number of rotatable bonds is 7. The predicted octanol–water partition coefficient (Wildman–Crippen LogP) is 6.81. The zero-order valence-corrected chi connectivity index (χ0v) is 23.7. The van der Waals surface area contributed by atoms with E-state index in [0.29, 0.717) is 22.5 Å². The third kappa shape index (κ3) is 5.51. The molecule has 2 aromatic heterocycles. The first-order chi connectivity index (χ1) is 18.3. The Kier molecular flexibility index (Phi) is 7.88. The molecular formula is C29H34FN3O3S2. The van der Waals surface area contributed by atoms with E-state index in [1.54, 1.807) is 23.5 Å². The number of hydrogen-bond acceptors (Lipinski definition) is 6. The van der Waals surface area contributed by atoms with Crippen molar-refractivity contribution in [3.8, 4) is 10.4 Å². The monoisotopic (exact) mass is 555 g/mol. The molecule has 0 fully saturated rings. The van der Waals surface area contributed by atoms with Gasteiger partial charge in [0.2, 0.25) is 0 Å². The lowest BCUT2D eigenvalue weighted by atomic mass is 9.95. The van der Waals surface area contributed by atoms with Gasteiger partial charge in [0.1, 0.15) is 16.4 Å². The summed E-state index contributed by atoms with van der Waals surface area (Å²) < 4.78 is 20.6. The van der Waals surface area contributed by atoms with Crippen molar-refractivity contribution >= 4 is 39.7 Å². The minimum absolute atomic E-state index is 0.271. The maximum absolute atomic E-state index is 14.7. The summed E-state index contributed by atoms with van der Waals surface area (Å²) in [4.78, 5) is 29.6. The number of urea groups is 1. The average molecular weight is 556 g/mol. The summed E-state index contributed by atoms with van der Waals surface area (Å²) in [6.07, 6.45) is 5.34. The van der Waals surface area contributed by atoms with Gasteiger partial charge in [0.15, 0.2) is 0 Å². The second kappa shape index (κ2) is 11.2. The zero-order valence-electron chi connectivity index (χ0n) is 22.1. The fourth-order valence-corrected chi connectivity index (χ4v) is 7.65. The van der Waals surface area contributed by atoms with Gasteiger partial charge in [-0.25, -0.2) is 14.0 Å². The van der Waals surface area contributed by atoms with Crippen molar-refractivity contribution in [1.29, 1.82) is 0 Å². The van der Waals surface area contributed by atoms with Crippen molar-refractivity contribution in [2.24, 2.45) is 0 Å². The van der Waals surface area contributed by atoms with Gasteiger partial charge in [-0.05, 0) is 81.7 Å². The molecule has 3 heterocycles. The Hall–Kier alpha value is -2.75. The highest BCUT2D eigenvalue weighted by molar-refractivity contribution is 7.17. The van der Waals surface area contributed by atoms with Crippen LogP contribution in [0.5, 0.6) is 0 Å². The van der Waals surface area contributed by atoms with E-state index in [0.717, 1.165) is 66.1 Å². The summed E-state index contributed by atoms with van der Waals surface area (Å²) in [5.74, 6) is -0.653. The molecule has 2 amide bonds. The van der Waals surface area contributed by atoms with Crippen LogP contribution < -0.4 is 16.0 Å². The molecule has 3 N–H and O–H groups in total. The lowest BCUT2D eigenvalue weighted by Crippen LogP contribution is -2.31. The fourth-order valence-electron chi connectivity index (χ4n) is 5.01. The molecule has 5 rings (SSSR count). The smallest absolute Gasteiger partial charge is 0.341 e. The van der Waals surface area contributed by atoms with Crippen LogP contribution in [0.3, 0.4) is 0 Å². The standard InChI is InChI=1S/C29H34FN3O3S2/c1-4-29(2,3)36-27(34)24-19-10-6-8-12-22(19)38-26(24)33-28(35)32-15-20-17-13-14-31-16-23(17)37-25(20)18-9-5-7-11-21(18)30/h5,7,9,11,31H,4,6,8,10,12-16H2,1-3H3,(H2,32,33,35). The van der Waals surface area contributed by atoms with Crippen LogP contribution in [0.15, 0.2) is 24.3 Å². The van der Waals surface area contributed by atoms with Crippen LogP contribution in [0.4, 0.5) is 14.2 Å². The first-order valence-corrected chi connectivity index (χ1v) is 14.9. The fraction of sp³-hybridized carbons (Fsp3) is 0.448. The van der Waals surface area contributed by atoms with Crippen LogP contribution >= 0.6 is 22.7 Å². The minimum atomic E-state index is -0.587. The molecule has 0 bridgehead atoms. The van der Waals surface area contributed by atoms with E-state index >= 15 is 0 Å². The van der Waals surface area contributed by atoms with Crippen molar-refractivity contribution in [3.63, 3.8) is 0 Å². The quantitative estimate of drug-likeness (QED) is 0.280. The molecule has 2 aliphatic rings. The molecule has 38 heavy (non-hydrogen) atoms. The molecule has 1 aliphatic heterocycles. The van der Waals surface area contributed by atoms with Gasteiger partial charge in [0.25, 0.3) is 0 Å². The summed E-state index contributed by atoms with van der Waals surface area (Å²) >= 11 is 3.06. The first-order valence-electron chi connectivity index (χ1n) is 13.3. The molecule has 3 aromatic rings. The number of thiophene rings is 2. The van der Waals surface area contributed by atoms with Crippen LogP contribution in [0.25, 0.3) is 10.4 Å². The van der Waals surface area contributed by atoms with Crippen molar-refractivity contribution in [2.45, 2.75) is 78.0 Å². The summed E-state index contributed by atoms with van der Waals surface area (Å²) in [5, 5.41) is 9.86. The minimum Gasteiger partial charge on any atom is -0.456 e. The number of benzene rings is 1. The van der Waals surface area contributed by atoms with Crippen LogP contribution in [-0.4, -0.2) is 24.1 Å². The number of amides is 2. The summed E-state index contributed by atoms with van der Waals surface area (Å²) in [7, 11) is 0. The number of anilines is 1. The average Bonchev–Trinajstić information content (AvgIpc) is 3.45. The van der Waals surface area contributed by atoms with Crippen LogP contribution in [0, 0.1) is 5.82 Å². The van der Waals surface area contributed by atoms with Crippen LogP contribution in [0.2, 0.25) is 0 Å². The van der Waals surface area contributed by atoms with Gasteiger partial charge >= 0.3 is 12.0 Å². The number of carbonyl (C=O) groups is 2. The van der Waals surface area contributed by atoms with E-state index in [9.17, 15) is 14.0 Å². The van der Waals surface area contributed by atoms with E-state index in [2.05, 4.69) is 16.0 Å². The zero-order chi connectivity index (χ0) is 26.9. The number of esters is 1. The highest BCUT2D eigenvalue weighted by Crippen LogP contribution is 2.41. The second-order valence-corrected chi connectivity index (χ2v) is 12.7. The van der Waals surface area contributed by atoms with Gasteiger partial charge in [0.05, 0.1) is 5.56 Å². The van der Waals surface area contributed by atoms with Gasteiger partial charge in [-0.3, -0.25) is 5.32 Å². The maximum Gasteiger partial charge on any atom is 0.341 e. The van der Waals surface area contributed by atoms with Crippen molar-refractivity contribution in [2.75, 3.05) is 11.9 Å². The van der Waals surface area contributed by atoms with E-state index in [4.69, 9.17) is 4.74 Å². The molecule has 6 nitrogen and oxygen atoms in total. The van der Waals surface area contributed by atoms with Crippen LogP contribution in [-0.2, 0) is 37.1 Å². The maximum atomic E-state index is 14.7. The number of fused-ring (bicyclic) bond motifs is 2. The van der Waals surface area contributed by atoms with Gasteiger partial charge in [-0.2, -0.15) is 0 Å². The first kappa shape index (κ1) is 26.8. The Balaban J connectivity index is 1.38. The van der Waals surface area contributed by atoms with E-state index in [-0.39, 0.29) is 24.4 Å². The predicted molar refractivity (Wildman–Crippen MR) is 152 cm³/mol. The molecule has 202 valence electrons. The second-order valence-electron chi connectivity index (χ2n) is 10.4. The summed E-state index contributed by atoms with van der Waals surface area (Å²) in [5.41, 5.74) is 3.61. The lowest BCUT2D eigenvalue weighted by molar-refractivity contribution is -0.00239. The van der Waals surface area contributed by atoms with Crippen LogP contribution in [0.1, 0.15) is 76.8 Å². The Labute approximate surface area is 231 Å². The molecule has 0 saturated carbocycles. The SMILES string of the molecule is CCC(C)(C)OC(=O)c1c(NC(=O)NCc2c(-c3ccccc3F)sc3c2CCNC3)sc2c1CCCC2. The molecule has 0 atom stereocenters. The number of hydrogen-bond donors (Lipinski definition) is 3. The molecule has 0 spiro atoms. The van der Waals surface area contributed by atoms with Gasteiger partial charge < -0.3 is 15.4 Å². The highest BCUT2D eigenvalue weighted by atomic mass is 32.1. The molecule has 9 heteroatoms. The molecule has 1 aromatic carbocycles. The number of carbonyl (C=O) groups excluding carboxylic acids is 2. The Bertz CT molecular complexity index is 1360. The largest absolute Gasteiger partial charge is 0.456 e. The molecular weight excluding hydrogens is 521 g/mol. The van der Waals surface area contributed by atoms with Crippen molar-refractivity contribution in [1.82, 2.24) is 10.6 Å². The normalized spacial score (nSPS) is 14.9. The summed E-state index contributed by atoms with van der Waals surface area (Å²) in [6.45, 7) is 7.64. The topological polar surface area (TPSA) is 79.5 Å². The Morgan fingerprint density at radius 2 is 1.87 bits per heavy atom. The Morgan fingerprint density at radius 1 is 1.08 bits per heavy atom. The number of halogens is 1. The molecule has 1 aliphatic carbocycles. The third-order valence-corrected chi connectivity index (χ3v) is 9.92. The van der Waals surface area contributed by atoms with Crippen molar-refractivity contribution < 1.29 is 18.7 Å². The number of aryl methyl sites for hydroxylation is 1. The van der Waals surface area contributed by atoms with Gasteiger partial charge in [-0.15, -0.1) is 22.7 Å². The Morgan fingerprint density at radius 3 is 2.66 bits per heavy atom. The third-order valence-electron chi connectivity index (χ3n) is 7.40. The lowest BCUT2D eigenvalue weighted by Gasteiger charge is -2.24. The molecule has 0 unspecified atom stereocenters. The van der Waals surface area contributed by atoms with Crippen molar-refractivity contribution in [3.05, 3.63) is 62.1 Å². The van der Waals surface area contributed by atoms with E-state index in [1.807, 2.05) is 26.8 Å². The molecule has 0 radical (unpaired) electrons. The van der Waals surface area contributed by atoms with Gasteiger partial charge in [-0.1, -0.05) is 25.1 Å². The van der Waals surface area contributed by atoms with E-state index in [1.165, 1.54) is 27.8 Å². The highest BCUT2D eigenvalue weighted by Gasteiger charge is 2.31. The van der Waals surface area contributed by atoms with E-state index < -0.39 is 5.60 Å². The molecule has 0 saturated heterocycles. The summed E-state index contributed by atoms with van der Waals surface area (Å²) in [6, 6.07) is 6.38. The van der Waals surface area contributed by atoms with Gasteiger partial charge in [0, 0.05) is 33.3 Å². The number of nitrogens with one attached hydrogen (secondary N) is 3. The number of ether oxygens (including phenoxy) is 1.